The van der Waals surface area contributed by atoms with Gasteiger partial charge in [-0.3, -0.25) is 4.79 Å². The van der Waals surface area contributed by atoms with Gasteiger partial charge in [0, 0.05) is 11.1 Å². The van der Waals surface area contributed by atoms with Crippen LogP contribution in [0.25, 0.3) is 0 Å². The molecule has 0 aliphatic heterocycles. The third-order valence-corrected chi connectivity index (χ3v) is 3.24. The lowest BCUT2D eigenvalue weighted by Gasteiger charge is -2.15. The minimum atomic E-state index is -0.258. The summed E-state index contributed by atoms with van der Waals surface area (Å²) in [4.78, 5) is 12.0. The second-order valence-corrected chi connectivity index (χ2v) is 5.80. The van der Waals surface area contributed by atoms with E-state index in [-0.39, 0.29) is 23.3 Å². The summed E-state index contributed by atoms with van der Waals surface area (Å²) in [6, 6.07) is 4.61. The van der Waals surface area contributed by atoms with Crippen molar-refractivity contribution < 1.29 is 9.90 Å². The van der Waals surface area contributed by atoms with Gasteiger partial charge in [0.15, 0.2) is 0 Å². The van der Waals surface area contributed by atoms with Crippen molar-refractivity contribution in [3.8, 4) is 5.75 Å². The van der Waals surface area contributed by atoms with Crippen molar-refractivity contribution in [1.82, 2.24) is 5.32 Å². The highest BCUT2D eigenvalue weighted by molar-refractivity contribution is 6.30. The Morgan fingerprint density at radius 3 is 2.58 bits per heavy atom. The molecule has 0 saturated heterocycles. The second kappa shape index (κ2) is 7.39. The molecule has 3 nitrogen and oxygen atoms in total. The van der Waals surface area contributed by atoms with Gasteiger partial charge in [-0.05, 0) is 37.5 Å². The highest BCUT2D eigenvalue weighted by atomic mass is 35.5. The Morgan fingerprint density at radius 2 is 2.00 bits per heavy atom. The molecule has 1 aromatic carbocycles. The molecule has 0 saturated carbocycles. The largest absolute Gasteiger partial charge is 0.507 e. The van der Waals surface area contributed by atoms with Crippen LogP contribution >= 0.6 is 11.6 Å². The zero-order valence-electron chi connectivity index (χ0n) is 11.7. The maximum atomic E-state index is 12.0. The fourth-order valence-corrected chi connectivity index (χ4v) is 2.07. The van der Waals surface area contributed by atoms with E-state index in [4.69, 9.17) is 11.6 Å². The van der Waals surface area contributed by atoms with Gasteiger partial charge in [0.1, 0.15) is 5.75 Å². The van der Waals surface area contributed by atoms with Crippen LogP contribution in [0.4, 0.5) is 0 Å². The number of rotatable bonds is 6. The van der Waals surface area contributed by atoms with Crippen molar-refractivity contribution in [2.75, 3.05) is 0 Å². The van der Waals surface area contributed by atoms with Gasteiger partial charge in [0.2, 0.25) is 0 Å². The summed E-state index contributed by atoms with van der Waals surface area (Å²) in [5.74, 6) is 0.341. The van der Waals surface area contributed by atoms with Gasteiger partial charge in [-0.2, -0.15) is 0 Å². The summed E-state index contributed by atoms with van der Waals surface area (Å²) in [7, 11) is 0. The van der Waals surface area contributed by atoms with Crippen LogP contribution in [0.5, 0.6) is 5.75 Å². The summed E-state index contributed by atoms with van der Waals surface area (Å²) >= 11 is 5.73. The first-order valence-electron chi connectivity index (χ1n) is 6.69. The summed E-state index contributed by atoms with van der Waals surface area (Å²) in [5.41, 5.74) is 0.264. The lowest BCUT2D eigenvalue weighted by Crippen LogP contribution is -2.32. The van der Waals surface area contributed by atoms with Gasteiger partial charge >= 0.3 is 0 Å². The molecule has 0 spiro atoms. The van der Waals surface area contributed by atoms with Crippen molar-refractivity contribution in [1.29, 1.82) is 0 Å². The topological polar surface area (TPSA) is 49.3 Å². The number of halogens is 1. The van der Waals surface area contributed by atoms with Crippen LogP contribution in [0, 0.1) is 5.92 Å². The maximum absolute atomic E-state index is 12.0. The Labute approximate surface area is 120 Å². The van der Waals surface area contributed by atoms with Crippen LogP contribution < -0.4 is 5.32 Å². The molecule has 0 radical (unpaired) electrons. The molecule has 106 valence electrons. The number of hydrogen-bond donors (Lipinski definition) is 2. The van der Waals surface area contributed by atoms with Crippen molar-refractivity contribution >= 4 is 17.5 Å². The number of hydrogen-bond acceptors (Lipinski definition) is 2. The third kappa shape index (κ3) is 5.52. The van der Waals surface area contributed by atoms with E-state index < -0.39 is 0 Å². The van der Waals surface area contributed by atoms with Crippen LogP contribution in [-0.2, 0) is 0 Å². The Hall–Kier alpha value is -1.22. The third-order valence-electron chi connectivity index (χ3n) is 3.00. The fourth-order valence-electron chi connectivity index (χ4n) is 1.90. The molecule has 1 aromatic rings. The minimum absolute atomic E-state index is 0.0839. The first kappa shape index (κ1) is 15.8. The number of carbonyl (C=O) groups is 1. The van der Waals surface area contributed by atoms with Crippen molar-refractivity contribution in [2.24, 2.45) is 5.92 Å². The number of carbonyl (C=O) groups excluding carboxylic acids is 1. The highest BCUT2D eigenvalue weighted by Crippen LogP contribution is 2.22. The molecule has 19 heavy (non-hydrogen) atoms. The van der Waals surface area contributed by atoms with Crippen molar-refractivity contribution in [2.45, 2.75) is 46.1 Å². The van der Waals surface area contributed by atoms with Crippen LogP contribution in [0.1, 0.15) is 50.4 Å². The van der Waals surface area contributed by atoms with Gasteiger partial charge in [-0.1, -0.05) is 38.3 Å². The van der Waals surface area contributed by atoms with Crippen LogP contribution in [0.3, 0.4) is 0 Å². The minimum Gasteiger partial charge on any atom is -0.507 e. The number of benzene rings is 1. The summed E-state index contributed by atoms with van der Waals surface area (Å²) < 4.78 is 0. The van der Waals surface area contributed by atoms with Gasteiger partial charge in [-0.25, -0.2) is 0 Å². The number of phenolic OH excluding ortho intramolecular Hbond substituents is 1. The molecule has 0 heterocycles. The first-order chi connectivity index (χ1) is 8.90. The zero-order valence-corrected chi connectivity index (χ0v) is 12.5. The van der Waals surface area contributed by atoms with Crippen molar-refractivity contribution in [3.05, 3.63) is 28.8 Å². The predicted octanol–water partition coefficient (Wildman–Crippen LogP) is 3.99. The fraction of sp³-hybridized carbons (Fsp3) is 0.533. The van der Waals surface area contributed by atoms with Crippen LogP contribution in [0.15, 0.2) is 18.2 Å². The van der Waals surface area contributed by atoms with Gasteiger partial charge in [0.05, 0.1) is 5.56 Å². The summed E-state index contributed by atoms with van der Waals surface area (Å²) in [6.07, 6.45) is 3.19. The Bertz CT molecular complexity index is 432. The standard InChI is InChI=1S/C15H22ClNO2/c1-10(2)5-4-6-11(3)17-15(19)13-8-7-12(16)9-14(13)18/h7-11,18H,4-6H2,1-3H3,(H,17,19). The molecule has 0 fully saturated rings. The molecular weight excluding hydrogens is 262 g/mol. The monoisotopic (exact) mass is 283 g/mol. The van der Waals surface area contributed by atoms with Gasteiger partial charge in [-0.15, -0.1) is 0 Å². The van der Waals surface area contributed by atoms with E-state index in [0.29, 0.717) is 10.9 Å². The molecule has 0 aromatic heterocycles. The normalized spacial score (nSPS) is 12.5. The van der Waals surface area contributed by atoms with E-state index in [2.05, 4.69) is 19.2 Å². The first-order valence-corrected chi connectivity index (χ1v) is 7.07. The average Bonchev–Trinajstić information content (AvgIpc) is 2.27. The van der Waals surface area contributed by atoms with E-state index in [9.17, 15) is 9.90 Å². The lowest BCUT2D eigenvalue weighted by atomic mass is 10.0. The van der Waals surface area contributed by atoms with Crippen molar-refractivity contribution in [3.63, 3.8) is 0 Å². The zero-order chi connectivity index (χ0) is 14.4. The molecule has 1 atom stereocenters. The Kier molecular flexibility index (Phi) is 6.16. The van der Waals surface area contributed by atoms with Gasteiger partial charge < -0.3 is 10.4 Å². The molecule has 0 bridgehead atoms. The second-order valence-electron chi connectivity index (χ2n) is 5.36. The number of aromatic hydroxyl groups is 1. The quantitative estimate of drug-likeness (QED) is 0.829. The maximum Gasteiger partial charge on any atom is 0.255 e. The van der Waals surface area contributed by atoms with E-state index in [0.717, 1.165) is 19.3 Å². The molecular formula is C15H22ClNO2. The number of phenols is 1. The average molecular weight is 284 g/mol. The Morgan fingerprint density at radius 1 is 1.32 bits per heavy atom. The number of amides is 1. The van der Waals surface area contributed by atoms with Crippen LogP contribution in [0.2, 0.25) is 5.02 Å². The number of nitrogens with one attached hydrogen (secondary N) is 1. The Balaban J connectivity index is 2.50. The van der Waals surface area contributed by atoms with E-state index in [1.165, 1.54) is 12.1 Å². The summed E-state index contributed by atoms with van der Waals surface area (Å²) in [6.45, 7) is 6.36. The molecule has 0 aliphatic rings. The van der Waals surface area contributed by atoms with E-state index in [1.54, 1.807) is 6.07 Å². The SMILES string of the molecule is CC(C)CCCC(C)NC(=O)c1ccc(Cl)cc1O. The summed E-state index contributed by atoms with van der Waals surface area (Å²) in [5, 5.41) is 13.0. The molecule has 1 unspecified atom stereocenters. The van der Waals surface area contributed by atoms with E-state index >= 15 is 0 Å². The molecule has 4 heteroatoms. The van der Waals surface area contributed by atoms with Gasteiger partial charge in [0.25, 0.3) is 5.91 Å². The molecule has 0 aliphatic carbocycles. The molecule has 1 amide bonds. The van der Waals surface area contributed by atoms with Crippen LogP contribution in [-0.4, -0.2) is 17.1 Å². The molecule has 2 N–H and O–H groups in total. The lowest BCUT2D eigenvalue weighted by molar-refractivity contribution is 0.0935. The smallest absolute Gasteiger partial charge is 0.255 e. The predicted molar refractivity (Wildman–Crippen MR) is 78.7 cm³/mol. The highest BCUT2D eigenvalue weighted by Gasteiger charge is 2.13. The van der Waals surface area contributed by atoms with E-state index in [1.807, 2.05) is 6.92 Å². The molecule has 1 rings (SSSR count).